The lowest BCUT2D eigenvalue weighted by molar-refractivity contribution is -0.127. The van der Waals surface area contributed by atoms with Gasteiger partial charge < -0.3 is 10.2 Å². The number of carbonyl (C=O) groups excluding carboxylic acids is 2. The summed E-state index contributed by atoms with van der Waals surface area (Å²) in [7, 11) is 3.31. The van der Waals surface area contributed by atoms with Crippen molar-refractivity contribution in [1.82, 2.24) is 10.2 Å². The zero-order chi connectivity index (χ0) is 11.4. The Kier molecular flexibility index (Phi) is 4.52. The van der Waals surface area contributed by atoms with Crippen molar-refractivity contribution < 1.29 is 9.59 Å². The van der Waals surface area contributed by atoms with E-state index in [0.717, 1.165) is 2.88 Å². The van der Waals surface area contributed by atoms with Gasteiger partial charge in [0.15, 0.2) is 0 Å². The van der Waals surface area contributed by atoms with Crippen LogP contribution in [0.1, 0.15) is 10.4 Å². The molecule has 0 atom stereocenters. The molecule has 0 saturated carbocycles. The number of rotatable bonds is 3. The minimum absolute atomic E-state index is 0.0399. The monoisotopic (exact) mass is 338 g/mol. The van der Waals surface area contributed by atoms with E-state index >= 15 is 0 Å². The van der Waals surface area contributed by atoms with Gasteiger partial charge >= 0.3 is 0 Å². The van der Waals surface area contributed by atoms with Crippen molar-refractivity contribution in [2.45, 2.75) is 0 Å². The summed E-state index contributed by atoms with van der Waals surface area (Å²) in [5.41, 5.74) is 0.607. The minimum Gasteiger partial charge on any atom is -0.347 e. The van der Waals surface area contributed by atoms with Crippen LogP contribution in [0.5, 0.6) is 0 Å². The first-order valence-corrected chi connectivity index (χ1v) is 6.19. The highest BCUT2D eigenvalue weighted by molar-refractivity contribution is 14.1. The number of nitrogens with one attached hydrogen (secondary N) is 1. The van der Waals surface area contributed by atoms with E-state index in [1.54, 1.807) is 25.5 Å². The average molecular weight is 338 g/mol. The van der Waals surface area contributed by atoms with Crippen LogP contribution in [-0.4, -0.2) is 37.4 Å². The van der Waals surface area contributed by atoms with Crippen molar-refractivity contribution in [2.24, 2.45) is 0 Å². The number of nitrogens with zero attached hydrogens (tertiary/aromatic N) is 1. The van der Waals surface area contributed by atoms with Gasteiger partial charge in [0.05, 0.1) is 15.0 Å². The van der Waals surface area contributed by atoms with Gasteiger partial charge in [-0.15, -0.1) is 11.3 Å². The van der Waals surface area contributed by atoms with E-state index in [1.807, 2.05) is 0 Å². The number of hydrogen-bond donors (Lipinski definition) is 1. The Hall–Kier alpha value is -0.630. The lowest BCUT2D eigenvalue weighted by Crippen LogP contribution is -2.36. The number of amides is 2. The predicted octanol–water partition coefficient (Wildman–Crippen LogP) is 1.17. The van der Waals surface area contributed by atoms with Crippen molar-refractivity contribution in [3.63, 3.8) is 0 Å². The van der Waals surface area contributed by atoms with E-state index in [9.17, 15) is 9.59 Å². The van der Waals surface area contributed by atoms with E-state index in [0.29, 0.717) is 5.56 Å². The summed E-state index contributed by atoms with van der Waals surface area (Å²) in [6.45, 7) is 0.0399. The van der Waals surface area contributed by atoms with Crippen molar-refractivity contribution in [1.29, 1.82) is 0 Å². The molecule has 4 nitrogen and oxygen atoms in total. The SMILES string of the molecule is CN(C)C(=O)CNC(=O)c1csc(I)c1. The molecule has 0 aliphatic carbocycles. The number of thiophene rings is 1. The zero-order valence-corrected chi connectivity index (χ0v) is 11.4. The molecule has 15 heavy (non-hydrogen) atoms. The molecule has 1 aromatic rings. The Labute approximate surface area is 106 Å². The van der Waals surface area contributed by atoms with Crippen LogP contribution in [0.25, 0.3) is 0 Å². The van der Waals surface area contributed by atoms with Gasteiger partial charge in [-0.3, -0.25) is 9.59 Å². The highest BCUT2D eigenvalue weighted by Gasteiger charge is 2.10. The molecule has 0 spiro atoms. The van der Waals surface area contributed by atoms with E-state index < -0.39 is 0 Å². The molecule has 0 saturated heterocycles. The van der Waals surface area contributed by atoms with Crippen LogP contribution in [0.15, 0.2) is 11.4 Å². The topological polar surface area (TPSA) is 49.4 Å². The molecule has 82 valence electrons. The fourth-order valence-electron chi connectivity index (χ4n) is 0.845. The maximum Gasteiger partial charge on any atom is 0.252 e. The summed E-state index contributed by atoms with van der Waals surface area (Å²) >= 11 is 3.65. The number of halogens is 1. The van der Waals surface area contributed by atoms with Crippen molar-refractivity contribution >= 4 is 45.7 Å². The molecule has 0 aromatic carbocycles. The maximum absolute atomic E-state index is 11.5. The molecule has 1 heterocycles. The average Bonchev–Trinajstić information content (AvgIpc) is 2.60. The summed E-state index contributed by atoms with van der Waals surface area (Å²) in [4.78, 5) is 24.1. The van der Waals surface area contributed by atoms with Gasteiger partial charge in [-0.25, -0.2) is 0 Å². The zero-order valence-electron chi connectivity index (χ0n) is 8.41. The quantitative estimate of drug-likeness (QED) is 0.842. The van der Waals surface area contributed by atoms with Gasteiger partial charge in [0.2, 0.25) is 5.91 Å². The van der Waals surface area contributed by atoms with Gasteiger partial charge in [0, 0.05) is 19.5 Å². The summed E-state index contributed by atoms with van der Waals surface area (Å²) < 4.78 is 1.05. The Bertz CT molecular complexity index is 376. The second-order valence-corrected chi connectivity index (χ2v) is 5.92. The molecular weight excluding hydrogens is 327 g/mol. The standard InChI is InChI=1S/C9H11IN2O2S/c1-12(2)8(13)4-11-9(14)6-3-7(10)15-5-6/h3,5H,4H2,1-2H3,(H,11,14). The van der Waals surface area contributed by atoms with E-state index in [1.165, 1.54) is 16.2 Å². The third-order valence-electron chi connectivity index (χ3n) is 1.73. The molecule has 0 aliphatic rings. The van der Waals surface area contributed by atoms with Gasteiger partial charge in [-0.1, -0.05) is 0 Å². The lowest BCUT2D eigenvalue weighted by atomic mass is 10.3. The summed E-state index contributed by atoms with van der Waals surface area (Å²) in [6.07, 6.45) is 0. The van der Waals surface area contributed by atoms with Crippen molar-refractivity contribution in [3.8, 4) is 0 Å². The summed E-state index contributed by atoms with van der Waals surface area (Å²) in [5.74, 6) is -0.322. The molecule has 6 heteroatoms. The van der Waals surface area contributed by atoms with E-state index in [2.05, 4.69) is 27.9 Å². The molecule has 1 N–H and O–H groups in total. The number of carbonyl (C=O) groups is 2. The van der Waals surface area contributed by atoms with Gasteiger partial charge in [-0.05, 0) is 28.7 Å². The van der Waals surface area contributed by atoms with Crippen LogP contribution in [0.3, 0.4) is 0 Å². The highest BCUT2D eigenvalue weighted by Crippen LogP contribution is 2.16. The van der Waals surface area contributed by atoms with Crippen LogP contribution in [-0.2, 0) is 4.79 Å². The molecule has 1 aromatic heterocycles. The first-order chi connectivity index (χ1) is 7.00. The Morgan fingerprint density at radius 1 is 1.53 bits per heavy atom. The van der Waals surface area contributed by atoms with Crippen molar-refractivity contribution in [2.75, 3.05) is 20.6 Å². The lowest BCUT2D eigenvalue weighted by Gasteiger charge is -2.10. The first kappa shape index (κ1) is 12.4. The van der Waals surface area contributed by atoms with Gasteiger partial charge in [-0.2, -0.15) is 0 Å². The molecule has 0 bridgehead atoms. The number of likely N-dealkylation sites (N-methyl/N-ethyl adjacent to an activating group) is 1. The molecule has 0 aliphatic heterocycles. The van der Waals surface area contributed by atoms with Gasteiger partial charge in [0.1, 0.15) is 0 Å². The van der Waals surface area contributed by atoms with E-state index in [-0.39, 0.29) is 18.4 Å². The predicted molar refractivity (Wildman–Crippen MR) is 68.1 cm³/mol. The van der Waals surface area contributed by atoms with Gasteiger partial charge in [0.25, 0.3) is 5.91 Å². The van der Waals surface area contributed by atoms with Crippen LogP contribution >= 0.6 is 33.9 Å². The summed E-state index contributed by atoms with van der Waals surface area (Å²) in [5, 5.41) is 4.34. The normalized spacial score (nSPS) is 9.80. The molecule has 0 fully saturated rings. The van der Waals surface area contributed by atoms with Crippen LogP contribution in [0, 0.1) is 2.88 Å². The molecule has 0 radical (unpaired) electrons. The minimum atomic E-state index is -0.204. The first-order valence-electron chi connectivity index (χ1n) is 4.23. The second-order valence-electron chi connectivity index (χ2n) is 3.11. The Morgan fingerprint density at radius 3 is 2.67 bits per heavy atom. The third-order valence-corrected chi connectivity index (χ3v) is 3.52. The van der Waals surface area contributed by atoms with Crippen molar-refractivity contribution in [3.05, 3.63) is 19.9 Å². The smallest absolute Gasteiger partial charge is 0.252 e. The third kappa shape index (κ3) is 3.78. The van der Waals surface area contributed by atoms with Crippen LogP contribution < -0.4 is 5.32 Å². The fraction of sp³-hybridized carbons (Fsp3) is 0.333. The molecule has 1 rings (SSSR count). The Balaban J connectivity index is 2.47. The second kappa shape index (κ2) is 5.45. The maximum atomic E-state index is 11.5. The van der Waals surface area contributed by atoms with E-state index in [4.69, 9.17) is 0 Å². The number of hydrogen-bond acceptors (Lipinski definition) is 3. The largest absolute Gasteiger partial charge is 0.347 e. The fourth-order valence-corrected chi connectivity index (χ4v) is 2.17. The molecule has 0 unspecified atom stereocenters. The van der Waals surface area contributed by atoms with Crippen LogP contribution in [0.4, 0.5) is 0 Å². The highest BCUT2D eigenvalue weighted by atomic mass is 127. The van der Waals surface area contributed by atoms with Crippen LogP contribution in [0.2, 0.25) is 0 Å². The molecule has 2 amide bonds. The Morgan fingerprint density at radius 2 is 2.20 bits per heavy atom. The summed E-state index contributed by atoms with van der Waals surface area (Å²) in [6, 6.07) is 1.79. The molecular formula is C9H11IN2O2S.